The van der Waals surface area contributed by atoms with Crippen LogP contribution in [-0.2, 0) is 20.9 Å². The molecular formula is C24H34NO4P. The number of hydrogen-bond acceptors (Lipinski definition) is 4. The number of ether oxygens (including phenoxy) is 2. The molecule has 0 heterocycles. The summed E-state index contributed by atoms with van der Waals surface area (Å²) >= 11 is 0. The second-order valence-electron chi connectivity index (χ2n) is 7.89. The number of aryl methyl sites for hydroxylation is 2. The molecule has 0 bridgehead atoms. The summed E-state index contributed by atoms with van der Waals surface area (Å²) in [5.74, 6) is 0.534. The molecule has 0 saturated carbocycles. The van der Waals surface area contributed by atoms with Crippen LogP contribution in [0.3, 0.4) is 0 Å². The third kappa shape index (κ3) is 6.56. The quantitative estimate of drug-likeness (QED) is 0.434. The average molecular weight is 432 g/mol. The maximum atomic E-state index is 12.9. The van der Waals surface area contributed by atoms with Crippen molar-refractivity contribution in [1.29, 1.82) is 0 Å². The number of esters is 1. The molecule has 0 radical (unpaired) electrons. The predicted octanol–water partition coefficient (Wildman–Crippen LogP) is 4.78. The van der Waals surface area contributed by atoms with E-state index in [4.69, 9.17) is 9.47 Å². The van der Waals surface area contributed by atoms with E-state index in [2.05, 4.69) is 19.2 Å². The fourth-order valence-electron chi connectivity index (χ4n) is 3.67. The fraction of sp³-hybridized carbons (Fsp3) is 0.417. The minimum absolute atomic E-state index is 0.0300. The van der Waals surface area contributed by atoms with Crippen molar-refractivity contribution in [2.75, 3.05) is 37.1 Å². The Hall–Kier alpha value is -2.39. The number of benzene rings is 2. The van der Waals surface area contributed by atoms with Gasteiger partial charge < -0.3 is 0 Å². The molecule has 0 aliphatic heterocycles. The number of rotatable bonds is 10. The third-order valence-corrected chi connectivity index (χ3v) is 10.9. The Bertz CT molecular complexity index is 840. The predicted molar refractivity (Wildman–Crippen MR) is 126 cm³/mol. The summed E-state index contributed by atoms with van der Waals surface area (Å²) < 4.78 is 10.8. The van der Waals surface area contributed by atoms with E-state index in [0.717, 1.165) is 40.5 Å². The van der Waals surface area contributed by atoms with Gasteiger partial charge in [0.25, 0.3) is 0 Å². The van der Waals surface area contributed by atoms with E-state index < -0.39 is 7.26 Å². The van der Waals surface area contributed by atoms with Crippen molar-refractivity contribution in [3.8, 4) is 5.75 Å². The van der Waals surface area contributed by atoms with Crippen LogP contribution in [0.15, 0.2) is 42.5 Å². The maximum absolute atomic E-state index is 12.9. The van der Waals surface area contributed by atoms with E-state index in [1.807, 2.05) is 56.3 Å². The van der Waals surface area contributed by atoms with E-state index in [-0.39, 0.29) is 18.5 Å². The molecule has 0 spiro atoms. The van der Waals surface area contributed by atoms with Crippen LogP contribution in [0.4, 0.5) is 5.69 Å². The van der Waals surface area contributed by atoms with Crippen LogP contribution < -0.4 is 10.1 Å². The van der Waals surface area contributed by atoms with Crippen molar-refractivity contribution < 1.29 is 19.1 Å². The Morgan fingerprint density at radius 2 is 1.57 bits per heavy atom. The molecule has 0 fully saturated rings. The first-order chi connectivity index (χ1) is 14.3. The Morgan fingerprint density at radius 3 is 2.10 bits per heavy atom. The van der Waals surface area contributed by atoms with Gasteiger partial charge in [-0.25, -0.2) is 0 Å². The number of nitrogens with one attached hydrogen (secondary N) is 1. The summed E-state index contributed by atoms with van der Waals surface area (Å²) in [4.78, 5) is 25.4. The molecule has 5 nitrogen and oxygen atoms in total. The number of carbonyl (C=O) groups excluding carboxylic acids is 2. The van der Waals surface area contributed by atoms with Crippen LogP contribution in [0.1, 0.15) is 30.5 Å². The third-order valence-electron chi connectivity index (χ3n) is 5.80. The monoisotopic (exact) mass is 431 g/mol. The van der Waals surface area contributed by atoms with Crippen LogP contribution in [0.25, 0.3) is 0 Å². The normalized spacial score (nSPS) is 11.6. The zero-order valence-corrected chi connectivity index (χ0v) is 19.7. The number of amides is 1. The zero-order chi connectivity index (χ0) is 22.1. The van der Waals surface area contributed by atoms with Crippen molar-refractivity contribution in [2.24, 2.45) is 0 Å². The standard InChI is InChI=1S/C24H34NO4P/c1-6-30(7-2,17-23(27)29-15-20-11-9-8-10-12-20)16-22(26)25-24-18(3)13-21(28-5)14-19(24)4/h8-14,30H,6-7,15-17H2,1-5H3,(H,25,26). The first-order valence-electron chi connectivity index (χ1n) is 10.5. The summed E-state index contributed by atoms with van der Waals surface area (Å²) in [6.07, 6.45) is 2.49. The summed E-state index contributed by atoms with van der Waals surface area (Å²) in [6.45, 7) is 8.34. The number of methoxy groups -OCH3 is 1. The van der Waals surface area contributed by atoms with Gasteiger partial charge in [0.1, 0.15) is 0 Å². The topological polar surface area (TPSA) is 64.6 Å². The molecule has 6 heteroatoms. The molecule has 2 aromatic carbocycles. The van der Waals surface area contributed by atoms with E-state index in [0.29, 0.717) is 12.3 Å². The van der Waals surface area contributed by atoms with Gasteiger partial charge in [-0.1, -0.05) is 0 Å². The minimum atomic E-state index is -2.13. The molecule has 30 heavy (non-hydrogen) atoms. The molecule has 0 saturated heterocycles. The molecule has 0 aliphatic carbocycles. The number of anilines is 1. The second-order valence-corrected chi connectivity index (χ2v) is 13.0. The molecule has 0 aliphatic rings. The van der Waals surface area contributed by atoms with Gasteiger partial charge in [0.15, 0.2) is 0 Å². The van der Waals surface area contributed by atoms with Crippen molar-refractivity contribution in [3.05, 3.63) is 59.2 Å². The molecule has 1 N–H and O–H groups in total. The van der Waals surface area contributed by atoms with E-state index >= 15 is 0 Å². The van der Waals surface area contributed by atoms with Crippen molar-refractivity contribution in [3.63, 3.8) is 0 Å². The van der Waals surface area contributed by atoms with Gasteiger partial charge in [0.05, 0.1) is 0 Å². The van der Waals surface area contributed by atoms with Crippen LogP contribution in [0.5, 0.6) is 5.75 Å². The van der Waals surface area contributed by atoms with Crippen molar-refractivity contribution in [2.45, 2.75) is 34.3 Å². The van der Waals surface area contributed by atoms with Gasteiger partial charge in [0, 0.05) is 0 Å². The van der Waals surface area contributed by atoms with E-state index in [9.17, 15) is 9.59 Å². The van der Waals surface area contributed by atoms with E-state index in [1.165, 1.54) is 0 Å². The molecule has 2 aromatic rings. The molecule has 0 unspecified atom stereocenters. The van der Waals surface area contributed by atoms with Crippen molar-refractivity contribution >= 4 is 24.8 Å². The summed E-state index contributed by atoms with van der Waals surface area (Å²) in [5.41, 5.74) is 3.71. The van der Waals surface area contributed by atoms with Crippen LogP contribution in [0, 0.1) is 13.8 Å². The first-order valence-corrected chi connectivity index (χ1v) is 13.3. The summed E-state index contributed by atoms with van der Waals surface area (Å²) in [7, 11) is -0.495. The number of carbonyl (C=O) groups is 2. The Morgan fingerprint density at radius 1 is 0.967 bits per heavy atom. The fourth-order valence-corrected chi connectivity index (χ4v) is 6.78. The summed E-state index contributed by atoms with van der Waals surface area (Å²) in [6, 6.07) is 13.5. The first kappa shape index (κ1) is 23.9. The summed E-state index contributed by atoms with van der Waals surface area (Å²) in [5, 5.41) is 3.07. The molecule has 0 aromatic heterocycles. The molecule has 0 atom stereocenters. The number of hydrogen-bond donors (Lipinski definition) is 1. The van der Waals surface area contributed by atoms with Gasteiger partial charge in [-0.3, -0.25) is 0 Å². The Balaban J connectivity index is 2.02. The Kier molecular flexibility index (Phi) is 8.86. The van der Waals surface area contributed by atoms with Gasteiger partial charge in [-0.2, -0.15) is 0 Å². The average Bonchev–Trinajstić information content (AvgIpc) is 2.74. The molecular weight excluding hydrogens is 397 g/mol. The molecule has 164 valence electrons. The van der Waals surface area contributed by atoms with Crippen LogP contribution in [-0.4, -0.2) is 43.6 Å². The van der Waals surface area contributed by atoms with Gasteiger partial charge in [-0.15, -0.1) is 0 Å². The second kappa shape index (κ2) is 11.1. The van der Waals surface area contributed by atoms with Gasteiger partial charge >= 0.3 is 180 Å². The Labute approximate surface area is 180 Å². The van der Waals surface area contributed by atoms with Crippen LogP contribution >= 0.6 is 7.26 Å². The van der Waals surface area contributed by atoms with Crippen molar-refractivity contribution in [1.82, 2.24) is 0 Å². The SMILES string of the molecule is CC[PH](CC)(CC(=O)Nc1c(C)cc(OC)cc1C)CC(=O)OCc1ccccc1. The van der Waals surface area contributed by atoms with E-state index in [1.54, 1.807) is 7.11 Å². The van der Waals surface area contributed by atoms with Crippen LogP contribution in [0.2, 0.25) is 0 Å². The van der Waals surface area contributed by atoms with Gasteiger partial charge in [-0.05, 0) is 0 Å². The van der Waals surface area contributed by atoms with Gasteiger partial charge in [0.2, 0.25) is 0 Å². The molecule has 1 amide bonds. The molecule has 2 rings (SSSR count). The zero-order valence-electron chi connectivity index (χ0n) is 18.7.